The first kappa shape index (κ1) is 10.1. The molecule has 0 saturated carbocycles. The first-order chi connectivity index (χ1) is 5.97. The molecule has 0 unspecified atom stereocenters. The van der Waals surface area contributed by atoms with E-state index in [-0.39, 0.29) is 5.60 Å². The Morgan fingerprint density at radius 3 is 2.62 bits per heavy atom. The van der Waals surface area contributed by atoms with Crippen molar-refractivity contribution in [3.63, 3.8) is 0 Å². The van der Waals surface area contributed by atoms with Crippen LogP contribution in [0.25, 0.3) is 0 Å². The Hall–Kier alpha value is -1.01. The van der Waals surface area contributed by atoms with Gasteiger partial charge < -0.3 is 0 Å². The van der Waals surface area contributed by atoms with E-state index in [1.165, 1.54) is 4.80 Å². The van der Waals surface area contributed by atoms with Crippen LogP contribution in [-0.2, 0) is 18.4 Å². The second-order valence-electron chi connectivity index (χ2n) is 3.73. The number of aryl methyl sites for hydroxylation is 1. The molecule has 6 heteroatoms. The zero-order valence-electron chi connectivity index (χ0n) is 8.40. The van der Waals surface area contributed by atoms with Crippen molar-refractivity contribution in [3.8, 4) is 0 Å². The van der Waals surface area contributed by atoms with Gasteiger partial charge in [-0.3, -0.25) is 4.84 Å². The van der Waals surface area contributed by atoms with E-state index >= 15 is 0 Å². The number of nitrogens with zero attached hydrogens (tertiary/aromatic N) is 4. The number of nitrogens with one attached hydrogen (secondary N) is 1. The second-order valence-corrected chi connectivity index (χ2v) is 3.73. The van der Waals surface area contributed by atoms with Crippen molar-refractivity contribution in [2.24, 2.45) is 7.05 Å². The van der Waals surface area contributed by atoms with Crippen LogP contribution in [0.2, 0.25) is 0 Å². The lowest BCUT2D eigenvalue weighted by molar-refractivity contribution is -0.0765. The van der Waals surface area contributed by atoms with Crippen molar-refractivity contribution in [1.82, 2.24) is 25.7 Å². The van der Waals surface area contributed by atoms with E-state index in [1.807, 2.05) is 20.8 Å². The molecular formula is C7H15N5O. The lowest BCUT2D eigenvalue weighted by Crippen LogP contribution is -2.29. The highest BCUT2D eigenvalue weighted by Crippen LogP contribution is 2.03. The Morgan fingerprint density at radius 1 is 1.46 bits per heavy atom. The number of aromatic nitrogens is 4. The van der Waals surface area contributed by atoms with Crippen LogP contribution in [-0.4, -0.2) is 25.8 Å². The largest absolute Gasteiger partial charge is 0.296 e. The van der Waals surface area contributed by atoms with E-state index in [1.54, 1.807) is 7.05 Å². The molecule has 0 spiro atoms. The summed E-state index contributed by atoms with van der Waals surface area (Å²) in [5.41, 5.74) is 2.57. The molecule has 0 aliphatic carbocycles. The van der Waals surface area contributed by atoms with Crippen molar-refractivity contribution >= 4 is 0 Å². The summed E-state index contributed by atoms with van der Waals surface area (Å²) in [5, 5.41) is 11.5. The third-order valence-electron chi connectivity index (χ3n) is 1.16. The zero-order valence-corrected chi connectivity index (χ0v) is 8.40. The molecular weight excluding hydrogens is 170 g/mol. The van der Waals surface area contributed by atoms with Gasteiger partial charge in [0, 0.05) is 0 Å². The van der Waals surface area contributed by atoms with Gasteiger partial charge >= 0.3 is 0 Å². The van der Waals surface area contributed by atoms with Crippen molar-refractivity contribution in [2.75, 3.05) is 0 Å². The maximum Gasteiger partial charge on any atom is 0.190 e. The van der Waals surface area contributed by atoms with Gasteiger partial charge in [0.1, 0.15) is 0 Å². The lowest BCUT2D eigenvalue weighted by Gasteiger charge is -2.18. The van der Waals surface area contributed by atoms with E-state index in [0.717, 1.165) is 0 Å². The molecule has 1 rings (SSSR count). The minimum absolute atomic E-state index is 0.206. The van der Waals surface area contributed by atoms with Gasteiger partial charge in [-0.15, -0.1) is 10.2 Å². The summed E-state index contributed by atoms with van der Waals surface area (Å²) in [6.45, 7) is 6.35. The Kier molecular flexibility index (Phi) is 2.94. The molecule has 0 radical (unpaired) electrons. The molecule has 1 aromatic heterocycles. The van der Waals surface area contributed by atoms with E-state index in [9.17, 15) is 0 Å². The van der Waals surface area contributed by atoms with Crippen molar-refractivity contribution < 1.29 is 4.84 Å². The molecule has 0 saturated heterocycles. The smallest absolute Gasteiger partial charge is 0.190 e. The molecule has 74 valence electrons. The van der Waals surface area contributed by atoms with Crippen LogP contribution >= 0.6 is 0 Å². The summed E-state index contributed by atoms with van der Waals surface area (Å²) >= 11 is 0. The highest BCUT2D eigenvalue weighted by atomic mass is 16.7. The normalized spacial score (nSPS) is 12.0. The molecule has 0 aliphatic heterocycles. The Balaban J connectivity index is 2.28. The van der Waals surface area contributed by atoms with Crippen LogP contribution in [0.5, 0.6) is 0 Å². The van der Waals surface area contributed by atoms with Gasteiger partial charge in [0.25, 0.3) is 0 Å². The third-order valence-corrected chi connectivity index (χ3v) is 1.16. The third kappa shape index (κ3) is 3.95. The van der Waals surface area contributed by atoms with E-state index in [0.29, 0.717) is 12.4 Å². The molecule has 0 atom stereocenters. The maximum absolute atomic E-state index is 5.28. The van der Waals surface area contributed by atoms with Gasteiger partial charge in [0.2, 0.25) is 0 Å². The van der Waals surface area contributed by atoms with Gasteiger partial charge in [-0.2, -0.15) is 10.3 Å². The van der Waals surface area contributed by atoms with Crippen LogP contribution in [0, 0.1) is 0 Å². The number of hydrogen-bond acceptors (Lipinski definition) is 5. The Labute approximate surface area is 77.2 Å². The number of rotatable bonds is 3. The van der Waals surface area contributed by atoms with Gasteiger partial charge in [0.15, 0.2) is 5.82 Å². The average Bonchev–Trinajstić information content (AvgIpc) is 2.33. The molecule has 0 fully saturated rings. The number of tetrazole rings is 1. The summed E-state index contributed by atoms with van der Waals surface area (Å²) in [4.78, 5) is 6.69. The maximum atomic E-state index is 5.28. The predicted octanol–water partition coefficient (Wildman–Crippen LogP) is 0.0298. The minimum Gasteiger partial charge on any atom is -0.296 e. The first-order valence-corrected chi connectivity index (χ1v) is 4.11. The highest BCUT2D eigenvalue weighted by molar-refractivity contribution is 4.73. The summed E-state index contributed by atoms with van der Waals surface area (Å²) < 4.78 is 0. The van der Waals surface area contributed by atoms with Gasteiger partial charge in [0.05, 0.1) is 19.2 Å². The van der Waals surface area contributed by atoms with Gasteiger partial charge in [-0.05, 0) is 26.0 Å². The van der Waals surface area contributed by atoms with Gasteiger partial charge in [-0.25, -0.2) is 0 Å². The molecule has 1 heterocycles. The number of hydrogen-bond donors (Lipinski definition) is 1. The standard InChI is InChI=1S/C7H15N5O/c1-7(2,3)13-8-5-6-9-11-12(4)10-6/h8H,5H2,1-4H3. The monoisotopic (exact) mass is 185 g/mol. The topological polar surface area (TPSA) is 64.9 Å². The molecule has 0 amide bonds. The minimum atomic E-state index is -0.206. The van der Waals surface area contributed by atoms with E-state index in [2.05, 4.69) is 20.9 Å². The van der Waals surface area contributed by atoms with Crippen molar-refractivity contribution in [3.05, 3.63) is 5.82 Å². The summed E-state index contributed by atoms with van der Waals surface area (Å²) in [6.07, 6.45) is 0. The lowest BCUT2D eigenvalue weighted by atomic mass is 10.2. The first-order valence-electron chi connectivity index (χ1n) is 4.11. The Morgan fingerprint density at radius 2 is 2.15 bits per heavy atom. The van der Waals surface area contributed by atoms with Crippen LogP contribution in [0.4, 0.5) is 0 Å². The molecule has 0 aromatic carbocycles. The van der Waals surface area contributed by atoms with Crippen LogP contribution in [0.1, 0.15) is 26.6 Å². The molecule has 1 N–H and O–H groups in total. The number of hydroxylamine groups is 1. The van der Waals surface area contributed by atoms with E-state index < -0.39 is 0 Å². The molecule has 1 aromatic rings. The quantitative estimate of drug-likeness (QED) is 0.673. The van der Waals surface area contributed by atoms with Gasteiger partial charge in [-0.1, -0.05) is 0 Å². The van der Waals surface area contributed by atoms with Crippen LogP contribution in [0.3, 0.4) is 0 Å². The zero-order chi connectivity index (χ0) is 9.90. The van der Waals surface area contributed by atoms with E-state index in [4.69, 9.17) is 4.84 Å². The Bertz CT molecular complexity index is 264. The van der Waals surface area contributed by atoms with Crippen molar-refractivity contribution in [1.29, 1.82) is 0 Å². The predicted molar refractivity (Wildman–Crippen MR) is 46.5 cm³/mol. The SMILES string of the molecule is Cn1nnc(CNOC(C)(C)C)n1. The summed E-state index contributed by atoms with van der Waals surface area (Å²) in [7, 11) is 1.72. The molecule has 6 nitrogen and oxygen atoms in total. The average molecular weight is 185 g/mol. The second kappa shape index (κ2) is 3.80. The fourth-order valence-corrected chi connectivity index (χ4v) is 0.711. The summed E-state index contributed by atoms with van der Waals surface area (Å²) in [6, 6.07) is 0. The van der Waals surface area contributed by atoms with Crippen LogP contribution < -0.4 is 5.48 Å². The fourth-order valence-electron chi connectivity index (χ4n) is 0.711. The molecule has 13 heavy (non-hydrogen) atoms. The fraction of sp³-hybridized carbons (Fsp3) is 0.857. The molecule has 0 bridgehead atoms. The summed E-state index contributed by atoms with van der Waals surface area (Å²) in [5.74, 6) is 0.617. The van der Waals surface area contributed by atoms with Crippen molar-refractivity contribution in [2.45, 2.75) is 32.9 Å². The molecule has 0 aliphatic rings. The van der Waals surface area contributed by atoms with Crippen LogP contribution in [0.15, 0.2) is 0 Å². The highest BCUT2D eigenvalue weighted by Gasteiger charge is 2.10.